The molecule has 0 fully saturated rings. The minimum atomic E-state index is -1.08. The standard InChI is InChI=1S/C28H40N6O6/c29-9-1-4-22-28(40)34-23(27(39)32-10-2-3-20(30)15-35)14-19-12-17(6-8-25(19)37)16-5-7-24(36)18(11-16)13-21(31)26(38)33-22/h5-8,11-12,20-23,35-37H,1-4,9-10,13-15,29-31H2,(H,32,39)(H,33,38)(H,34,40)/t20-,21-,22+,23+/m0/s1. The highest BCUT2D eigenvalue weighted by Crippen LogP contribution is 2.30. The number of nitrogens with one attached hydrogen (secondary N) is 3. The Morgan fingerprint density at radius 2 is 1.60 bits per heavy atom. The van der Waals surface area contributed by atoms with Gasteiger partial charge < -0.3 is 48.5 Å². The third-order valence-corrected chi connectivity index (χ3v) is 6.94. The van der Waals surface area contributed by atoms with Gasteiger partial charge in [0.05, 0.1) is 12.6 Å². The molecule has 218 valence electrons. The van der Waals surface area contributed by atoms with Crippen molar-refractivity contribution in [3.8, 4) is 22.6 Å². The zero-order chi connectivity index (χ0) is 29.2. The van der Waals surface area contributed by atoms with Crippen LogP contribution in [-0.2, 0) is 27.2 Å². The number of aliphatic hydroxyl groups is 1. The van der Waals surface area contributed by atoms with Gasteiger partial charge in [0.1, 0.15) is 23.6 Å². The largest absolute Gasteiger partial charge is 0.508 e. The van der Waals surface area contributed by atoms with Crippen LogP contribution in [0.25, 0.3) is 11.1 Å². The normalized spacial score (nSPS) is 20.4. The summed E-state index contributed by atoms with van der Waals surface area (Å²) in [4.78, 5) is 39.6. The predicted octanol–water partition coefficient (Wildman–Crippen LogP) is -0.885. The lowest BCUT2D eigenvalue weighted by Gasteiger charge is -2.24. The van der Waals surface area contributed by atoms with Gasteiger partial charge in [-0.25, -0.2) is 0 Å². The van der Waals surface area contributed by atoms with Crippen LogP contribution in [0.5, 0.6) is 11.5 Å². The average Bonchev–Trinajstić information content (AvgIpc) is 2.94. The van der Waals surface area contributed by atoms with E-state index in [-0.39, 0.29) is 50.5 Å². The summed E-state index contributed by atoms with van der Waals surface area (Å²) in [6.45, 7) is 0.390. The Balaban J connectivity index is 1.98. The maximum Gasteiger partial charge on any atom is 0.243 e. The first-order valence-electron chi connectivity index (χ1n) is 13.5. The SMILES string of the molecule is NCCC[C@H]1NC(=O)[C@@H](N)Cc2cc(ccc2O)-c2ccc(O)c(c2)C[C@H](C(=O)NCCC[C@H](N)CO)NC1=O. The number of benzene rings is 2. The zero-order valence-corrected chi connectivity index (χ0v) is 22.4. The molecule has 1 aliphatic heterocycles. The number of carbonyl (C=O) groups is 3. The fourth-order valence-corrected chi connectivity index (χ4v) is 4.55. The third-order valence-electron chi connectivity index (χ3n) is 6.94. The van der Waals surface area contributed by atoms with Crippen LogP contribution in [-0.4, -0.2) is 76.9 Å². The Kier molecular flexibility index (Phi) is 11.3. The predicted molar refractivity (Wildman–Crippen MR) is 150 cm³/mol. The summed E-state index contributed by atoms with van der Waals surface area (Å²) < 4.78 is 0. The van der Waals surface area contributed by atoms with Crippen LogP contribution in [0.4, 0.5) is 0 Å². The number of phenols is 2. The molecular weight excluding hydrogens is 516 g/mol. The monoisotopic (exact) mass is 556 g/mol. The van der Waals surface area contributed by atoms with E-state index in [1.54, 1.807) is 24.3 Å². The van der Waals surface area contributed by atoms with E-state index in [2.05, 4.69) is 16.0 Å². The zero-order valence-electron chi connectivity index (χ0n) is 22.4. The summed E-state index contributed by atoms with van der Waals surface area (Å²) in [5.74, 6) is -1.73. The Hall–Kier alpha value is -3.71. The molecule has 0 aromatic heterocycles. The number of aliphatic hydroxyl groups excluding tert-OH is 1. The molecule has 3 rings (SSSR count). The molecular formula is C28H40N6O6. The van der Waals surface area contributed by atoms with Gasteiger partial charge in [-0.3, -0.25) is 14.4 Å². The number of amides is 3. The second-order valence-electron chi connectivity index (χ2n) is 10.1. The van der Waals surface area contributed by atoms with E-state index >= 15 is 0 Å². The van der Waals surface area contributed by atoms with Crippen molar-refractivity contribution in [2.75, 3.05) is 19.7 Å². The first-order valence-corrected chi connectivity index (χ1v) is 13.5. The number of fused-ring (bicyclic) bond motifs is 5. The molecule has 40 heavy (non-hydrogen) atoms. The minimum absolute atomic E-state index is 0.0205. The van der Waals surface area contributed by atoms with Gasteiger partial charge in [0.2, 0.25) is 17.7 Å². The van der Waals surface area contributed by atoms with Crippen LogP contribution in [0.15, 0.2) is 36.4 Å². The van der Waals surface area contributed by atoms with E-state index in [0.29, 0.717) is 41.5 Å². The van der Waals surface area contributed by atoms with Crippen LogP contribution < -0.4 is 33.2 Å². The second kappa shape index (κ2) is 14.6. The topological polar surface area (TPSA) is 226 Å². The molecule has 3 amide bonds. The van der Waals surface area contributed by atoms with Gasteiger partial charge >= 0.3 is 0 Å². The van der Waals surface area contributed by atoms with Crippen molar-refractivity contribution in [1.82, 2.24) is 16.0 Å². The molecule has 0 radical (unpaired) electrons. The summed E-state index contributed by atoms with van der Waals surface area (Å²) in [5.41, 5.74) is 19.8. The van der Waals surface area contributed by atoms with E-state index in [4.69, 9.17) is 22.3 Å². The Morgan fingerprint density at radius 3 is 2.20 bits per heavy atom. The fraction of sp³-hybridized carbons (Fsp3) is 0.464. The van der Waals surface area contributed by atoms with Crippen molar-refractivity contribution in [3.05, 3.63) is 47.5 Å². The molecule has 12 nitrogen and oxygen atoms in total. The van der Waals surface area contributed by atoms with Crippen LogP contribution in [0.2, 0.25) is 0 Å². The van der Waals surface area contributed by atoms with Crippen molar-refractivity contribution in [2.45, 2.75) is 62.7 Å². The molecule has 0 aliphatic carbocycles. The molecule has 1 heterocycles. The van der Waals surface area contributed by atoms with E-state index in [9.17, 15) is 24.6 Å². The summed E-state index contributed by atoms with van der Waals surface area (Å²) in [6.07, 6.45) is 1.66. The molecule has 4 bridgehead atoms. The quantitative estimate of drug-likeness (QED) is 0.174. The van der Waals surface area contributed by atoms with Gasteiger partial charge in [-0.1, -0.05) is 12.1 Å². The van der Waals surface area contributed by atoms with Crippen molar-refractivity contribution >= 4 is 17.7 Å². The lowest BCUT2D eigenvalue weighted by molar-refractivity contribution is -0.132. The first kappa shape index (κ1) is 30.8. The summed E-state index contributed by atoms with van der Waals surface area (Å²) >= 11 is 0. The highest BCUT2D eigenvalue weighted by molar-refractivity contribution is 5.93. The maximum atomic E-state index is 13.4. The van der Waals surface area contributed by atoms with Crippen LogP contribution in [0, 0.1) is 0 Å². The van der Waals surface area contributed by atoms with Crippen molar-refractivity contribution < 1.29 is 29.7 Å². The lowest BCUT2D eigenvalue weighted by atomic mass is 9.95. The van der Waals surface area contributed by atoms with Gasteiger partial charge in [-0.05, 0) is 78.7 Å². The Bertz CT molecular complexity index is 1190. The Labute approximate surface area is 233 Å². The van der Waals surface area contributed by atoms with Gasteiger partial charge in [0, 0.05) is 25.4 Å². The molecule has 12 heteroatoms. The molecule has 0 saturated heterocycles. The smallest absolute Gasteiger partial charge is 0.243 e. The molecule has 0 saturated carbocycles. The molecule has 1 aliphatic rings. The van der Waals surface area contributed by atoms with Crippen molar-refractivity contribution in [1.29, 1.82) is 0 Å². The molecule has 2 aromatic rings. The number of phenolic OH excluding ortho intramolecular Hbond substituents is 2. The van der Waals surface area contributed by atoms with Crippen molar-refractivity contribution in [2.24, 2.45) is 17.2 Å². The first-order chi connectivity index (χ1) is 19.1. The number of hydrogen-bond donors (Lipinski definition) is 9. The van der Waals surface area contributed by atoms with E-state index < -0.39 is 41.9 Å². The lowest BCUT2D eigenvalue weighted by Crippen LogP contribution is -2.56. The molecule has 12 N–H and O–H groups in total. The van der Waals surface area contributed by atoms with Gasteiger partial charge in [-0.2, -0.15) is 0 Å². The maximum absolute atomic E-state index is 13.4. The highest BCUT2D eigenvalue weighted by atomic mass is 16.3. The van der Waals surface area contributed by atoms with Gasteiger partial charge in [-0.15, -0.1) is 0 Å². The highest BCUT2D eigenvalue weighted by Gasteiger charge is 2.29. The van der Waals surface area contributed by atoms with Crippen LogP contribution in [0.1, 0.15) is 36.8 Å². The number of rotatable bonds is 9. The summed E-state index contributed by atoms with van der Waals surface area (Å²) in [5, 5.41) is 38.3. The Morgan fingerprint density at radius 1 is 0.975 bits per heavy atom. The minimum Gasteiger partial charge on any atom is -0.508 e. The summed E-state index contributed by atoms with van der Waals surface area (Å²) in [7, 11) is 0. The molecule has 2 aromatic carbocycles. The van der Waals surface area contributed by atoms with E-state index in [1.165, 1.54) is 12.1 Å². The number of nitrogens with two attached hydrogens (primary N) is 3. The third kappa shape index (κ3) is 8.39. The van der Waals surface area contributed by atoms with Gasteiger partial charge in [0.15, 0.2) is 0 Å². The number of hydrogen-bond acceptors (Lipinski definition) is 9. The second-order valence-corrected chi connectivity index (χ2v) is 10.1. The van der Waals surface area contributed by atoms with Crippen molar-refractivity contribution in [3.63, 3.8) is 0 Å². The molecule has 0 unspecified atom stereocenters. The summed E-state index contributed by atoms with van der Waals surface area (Å²) in [6, 6.07) is 6.30. The van der Waals surface area contributed by atoms with E-state index in [0.717, 1.165) is 0 Å². The van der Waals surface area contributed by atoms with Crippen LogP contribution in [0.3, 0.4) is 0 Å². The van der Waals surface area contributed by atoms with E-state index in [1.807, 2.05) is 0 Å². The molecule has 4 atom stereocenters. The average molecular weight is 557 g/mol. The fourth-order valence-electron chi connectivity index (χ4n) is 4.55. The van der Waals surface area contributed by atoms with Crippen LogP contribution >= 0.6 is 0 Å². The number of carbonyl (C=O) groups excluding carboxylic acids is 3. The molecule has 0 spiro atoms. The van der Waals surface area contributed by atoms with Gasteiger partial charge in [0.25, 0.3) is 0 Å². The number of aromatic hydroxyl groups is 2.